The molecule has 1 heterocycles. The summed E-state index contributed by atoms with van der Waals surface area (Å²) in [6.07, 6.45) is 6.16. The van der Waals surface area contributed by atoms with E-state index in [1.165, 1.54) is 37.8 Å². The molecule has 140 valence electrons. The Labute approximate surface area is 165 Å². The Bertz CT molecular complexity index is 592. The smallest absolute Gasteiger partial charge is 0.191 e. The third-order valence-electron chi connectivity index (χ3n) is 4.78. The molecule has 4 nitrogen and oxygen atoms in total. The number of hydrogen-bond donors (Lipinski definition) is 2. The molecule has 25 heavy (non-hydrogen) atoms. The summed E-state index contributed by atoms with van der Waals surface area (Å²) in [4.78, 5) is 6.21. The molecule has 0 amide bonds. The third-order valence-corrected chi connectivity index (χ3v) is 4.78. The van der Waals surface area contributed by atoms with E-state index >= 15 is 0 Å². The summed E-state index contributed by atoms with van der Waals surface area (Å²) in [7, 11) is 1.77. The topological polar surface area (TPSA) is 39.7 Å². The van der Waals surface area contributed by atoms with Crippen molar-refractivity contribution in [2.45, 2.75) is 38.1 Å². The Morgan fingerprint density at radius 3 is 2.76 bits per heavy atom. The van der Waals surface area contributed by atoms with Gasteiger partial charge in [0.05, 0.1) is 5.69 Å². The van der Waals surface area contributed by atoms with Gasteiger partial charge >= 0.3 is 0 Å². The molecule has 0 radical (unpaired) electrons. The molecule has 2 fully saturated rings. The number of rotatable bonds is 6. The van der Waals surface area contributed by atoms with Crippen LogP contribution in [0.2, 0.25) is 0 Å². The average molecular weight is 464 g/mol. The first-order chi connectivity index (χ1) is 11.7. The lowest BCUT2D eigenvalue weighted by Crippen LogP contribution is -2.44. The Kier molecular flexibility index (Phi) is 7.71. The molecule has 1 unspecified atom stereocenters. The van der Waals surface area contributed by atoms with Gasteiger partial charge in [0.15, 0.2) is 5.96 Å². The highest BCUT2D eigenvalue weighted by atomic mass is 127. The number of benzene rings is 1. The van der Waals surface area contributed by atoms with Gasteiger partial charge in [-0.1, -0.05) is 12.8 Å². The lowest BCUT2D eigenvalue weighted by atomic mass is 10.2. The highest BCUT2D eigenvalue weighted by Gasteiger charge is 2.25. The van der Waals surface area contributed by atoms with Gasteiger partial charge in [-0.15, -0.1) is 24.0 Å². The van der Waals surface area contributed by atoms with E-state index in [0.717, 1.165) is 37.5 Å². The molecule has 2 aliphatic rings. The number of aliphatic imine (C=N–C) groups is 1. The van der Waals surface area contributed by atoms with Crippen LogP contribution in [0.15, 0.2) is 23.2 Å². The van der Waals surface area contributed by atoms with Gasteiger partial charge < -0.3 is 15.5 Å². The summed E-state index contributed by atoms with van der Waals surface area (Å²) in [5.41, 5.74) is 0.466. The second-order valence-electron chi connectivity index (χ2n) is 6.76. The molecule has 1 saturated heterocycles. The van der Waals surface area contributed by atoms with E-state index in [-0.39, 0.29) is 30.0 Å². The number of anilines is 1. The Morgan fingerprint density at radius 2 is 2.08 bits per heavy atom. The predicted molar refractivity (Wildman–Crippen MR) is 109 cm³/mol. The van der Waals surface area contributed by atoms with E-state index in [1.54, 1.807) is 7.05 Å². The maximum atomic E-state index is 13.9. The number of hydrogen-bond acceptors (Lipinski definition) is 2. The lowest BCUT2D eigenvalue weighted by Gasteiger charge is -2.21. The van der Waals surface area contributed by atoms with Gasteiger partial charge in [-0.2, -0.15) is 0 Å². The summed E-state index contributed by atoms with van der Waals surface area (Å²) in [5.74, 6) is 0.715. The van der Waals surface area contributed by atoms with Crippen LogP contribution in [-0.4, -0.2) is 38.7 Å². The average Bonchev–Trinajstić information content (AvgIpc) is 3.28. The fraction of sp³-hybridized carbons (Fsp3) is 0.611. The SMILES string of the molecule is CN=C(NCCCC1CC1)NC1CCN(c2ccc(F)cc2F)C1.I. The van der Waals surface area contributed by atoms with Crippen LogP contribution in [0.25, 0.3) is 0 Å². The Balaban J connectivity index is 0.00000225. The zero-order valence-corrected chi connectivity index (χ0v) is 16.9. The molecule has 7 heteroatoms. The predicted octanol–water partition coefficient (Wildman–Crippen LogP) is 3.52. The zero-order chi connectivity index (χ0) is 16.9. The highest BCUT2D eigenvalue weighted by Crippen LogP contribution is 2.33. The lowest BCUT2D eigenvalue weighted by molar-refractivity contribution is 0.580. The largest absolute Gasteiger partial charge is 0.367 e. The molecule has 0 spiro atoms. The van der Waals surface area contributed by atoms with Crippen LogP contribution < -0.4 is 15.5 Å². The van der Waals surface area contributed by atoms with Crippen LogP contribution in [0.5, 0.6) is 0 Å². The highest BCUT2D eigenvalue weighted by molar-refractivity contribution is 14.0. The molecule has 0 bridgehead atoms. The molecule has 1 atom stereocenters. The Morgan fingerprint density at radius 1 is 1.28 bits per heavy atom. The van der Waals surface area contributed by atoms with Crippen LogP contribution in [0.1, 0.15) is 32.1 Å². The van der Waals surface area contributed by atoms with Crippen molar-refractivity contribution < 1.29 is 8.78 Å². The standard InChI is InChI=1S/C18H26F2N4.HI/c1-21-18(22-9-2-3-13-4-5-13)23-15-8-10-24(12-15)17-7-6-14(19)11-16(17)20;/h6-7,11,13,15H,2-5,8-10,12H2,1H3,(H2,21,22,23);1H. The molecular formula is C18H27F2IN4. The second kappa shape index (κ2) is 9.54. The van der Waals surface area contributed by atoms with Crippen molar-refractivity contribution in [3.05, 3.63) is 29.8 Å². The third kappa shape index (κ3) is 5.97. The molecular weight excluding hydrogens is 437 g/mol. The molecule has 1 aliphatic heterocycles. The number of guanidine groups is 1. The molecule has 1 saturated carbocycles. The summed E-state index contributed by atoms with van der Waals surface area (Å²) in [6.45, 7) is 2.36. The van der Waals surface area contributed by atoms with Crippen LogP contribution in [0, 0.1) is 17.6 Å². The molecule has 0 aromatic heterocycles. The van der Waals surface area contributed by atoms with Crippen LogP contribution in [0.4, 0.5) is 14.5 Å². The van der Waals surface area contributed by atoms with Crippen molar-refractivity contribution in [1.29, 1.82) is 0 Å². The molecule has 1 aromatic carbocycles. The van der Waals surface area contributed by atoms with Gasteiger partial charge in [-0.3, -0.25) is 4.99 Å². The summed E-state index contributed by atoms with van der Waals surface area (Å²) in [6, 6.07) is 3.97. The molecule has 1 aromatic rings. The van der Waals surface area contributed by atoms with E-state index in [4.69, 9.17) is 0 Å². The maximum absolute atomic E-state index is 13.9. The van der Waals surface area contributed by atoms with E-state index < -0.39 is 11.6 Å². The summed E-state index contributed by atoms with van der Waals surface area (Å²) >= 11 is 0. The second-order valence-corrected chi connectivity index (χ2v) is 6.76. The van der Waals surface area contributed by atoms with Crippen molar-refractivity contribution in [3.8, 4) is 0 Å². The molecule has 2 N–H and O–H groups in total. The van der Waals surface area contributed by atoms with Crippen molar-refractivity contribution in [2.75, 3.05) is 31.6 Å². The van der Waals surface area contributed by atoms with Crippen molar-refractivity contribution in [3.63, 3.8) is 0 Å². The van der Waals surface area contributed by atoms with Crippen LogP contribution in [-0.2, 0) is 0 Å². The van der Waals surface area contributed by atoms with E-state index in [1.807, 2.05) is 4.90 Å². The van der Waals surface area contributed by atoms with Gasteiger partial charge in [-0.05, 0) is 37.3 Å². The van der Waals surface area contributed by atoms with Crippen molar-refractivity contribution in [2.24, 2.45) is 10.9 Å². The van der Waals surface area contributed by atoms with Gasteiger partial charge in [0.25, 0.3) is 0 Å². The first-order valence-electron chi connectivity index (χ1n) is 8.83. The van der Waals surface area contributed by atoms with E-state index in [2.05, 4.69) is 15.6 Å². The monoisotopic (exact) mass is 464 g/mol. The number of halogens is 3. The molecule has 3 rings (SSSR count). The van der Waals surface area contributed by atoms with Crippen molar-refractivity contribution >= 4 is 35.6 Å². The normalized spacial score (nSPS) is 20.4. The van der Waals surface area contributed by atoms with E-state index in [0.29, 0.717) is 12.2 Å². The van der Waals surface area contributed by atoms with Gasteiger partial charge in [0, 0.05) is 38.8 Å². The zero-order valence-electron chi connectivity index (χ0n) is 14.6. The fourth-order valence-corrected chi connectivity index (χ4v) is 3.23. The minimum absolute atomic E-state index is 0. The van der Waals surface area contributed by atoms with Gasteiger partial charge in [0.1, 0.15) is 11.6 Å². The quantitative estimate of drug-likeness (QED) is 0.293. The van der Waals surface area contributed by atoms with Gasteiger partial charge in [-0.25, -0.2) is 8.78 Å². The Hall–Kier alpha value is -1.12. The number of nitrogens with zero attached hydrogens (tertiary/aromatic N) is 2. The van der Waals surface area contributed by atoms with Gasteiger partial charge in [0.2, 0.25) is 0 Å². The minimum Gasteiger partial charge on any atom is -0.367 e. The van der Waals surface area contributed by atoms with Crippen LogP contribution >= 0.6 is 24.0 Å². The first-order valence-corrected chi connectivity index (χ1v) is 8.83. The fourth-order valence-electron chi connectivity index (χ4n) is 3.23. The minimum atomic E-state index is -0.541. The maximum Gasteiger partial charge on any atom is 0.191 e. The summed E-state index contributed by atoms with van der Waals surface area (Å²) < 4.78 is 26.9. The molecule has 1 aliphatic carbocycles. The van der Waals surface area contributed by atoms with Crippen molar-refractivity contribution in [1.82, 2.24) is 10.6 Å². The first kappa shape index (κ1) is 20.2. The summed E-state index contributed by atoms with van der Waals surface area (Å²) in [5, 5.41) is 6.75. The van der Waals surface area contributed by atoms with Crippen LogP contribution in [0.3, 0.4) is 0 Å². The van der Waals surface area contributed by atoms with E-state index in [9.17, 15) is 8.78 Å². The number of nitrogens with one attached hydrogen (secondary N) is 2.